The number of carboxylic acid groups (broad SMARTS) is 1. The van der Waals surface area contributed by atoms with Crippen LogP contribution in [0.25, 0.3) is 0 Å². The van der Waals surface area contributed by atoms with Crippen LogP contribution in [0.1, 0.15) is 17.5 Å². The first-order valence-corrected chi connectivity index (χ1v) is 11.2. The van der Waals surface area contributed by atoms with Gasteiger partial charge in [0, 0.05) is 22.9 Å². The predicted octanol–water partition coefficient (Wildman–Crippen LogP) is -0.885. The standard InChI is InChI=1S/C23H27NO9/c1-24-7-6-23-10-3-5-13(31-22-17(28)15(26)16(27)19(33-22)21(29)30)20(23)32-18-12(25)4-2-9(14(18)23)8-11(10)24/h2-5,10-11,13,15-17,19-20,22,25-28H,6-8H2,1H3,(H,29,30)/t10-,11+,13+,15-,16-,17+,19-,20-,22?,23-/m0/s1. The number of aromatic hydroxyl groups is 1. The minimum Gasteiger partial charge on any atom is -0.504 e. The summed E-state index contributed by atoms with van der Waals surface area (Å²) in [5, 5.41) is 50.5. The Kier molecular flexibility index (Phi) is 4.62. The number of piperidine rings is 1. The Morgan fingerprint density at radius 2 is 1.97 bits per heavy atom. The quantitative estimate of drug-likeness (QED) is 0.359. The number of benzene rings is 1. The number of ether oxygens (including phenoxy) is 3. The minimum absolute atomic E-state index is 0.0610. The van der Waals surface area contributed by atoms with Crippen molar-refractivity contribution in [3.05, 3.63) is 35.4 Å². The average molecular weight is 461 g/mol. The van der Waals surface area contributed by atoms with Crippen molar-refractivity contribution in [3.8, 4) is 11.5 Å². The molecule has 2 aliphatic carbocycles. The molecule has 2 bridgehead atoms. The number of likely N-dealkylation sites (tertiary alicyclic amines) is 1. The second-order valence-electron chi connectivity index (χ2n) is 9.78. The SMILES string of the molecule is CN1CC[C@]23c4c5ccc(O)c4O[C@H]2[C@H](OC2O[C@H](C(=O)O)[C@@H](O)[C@H](O)[C@H]2O)C=C[C@H]3[C@H]1C5. The first-order valence-electron chi connectivity index (χ1n) is 11.2. The van der Waals surface area contributed by atoms with Gasteiger partial charge in [-0.2, -0.15) is 0 Å². The molecule has 5 N–H and O–H groups in total. The van der Waals surface area contributed by atoms with E-state index in [4.69, 9.17) is 14.2 Å². The van der Waals surface area contributed by atoms with Gasteiger partial charge in [0.2, 0.25) is 0 Å². The lowest BCUT2D eigenvalue weighted by molar-refractivity contribution is -0.307. The van der Waals surface area contributed by atoms with Crippen molar-refractivity contribution in [2.24, 2.45) is 5.92 Å². The maximum atomic E-state index is 11.5. The highest BCUT2D eigenvalue weighted by atomic mass is 16.7. The third kappa shape index (κ3) is 2.73. The molecule has 1 unspecified atom stereocenters. The summed E-state index contributed by atoms with van der Waals surface area (Å²) in [6, 6.07) is 3.85. The fourth-order valence-electron chi connectivity index (χ4n) is 6.66. The molecule has 33 heavy (non-hydrogen) atoms. The Hall–Kier alpha value is -2.21. The van der Waals surface area contributed by atoms with Crippen molar-refractivity contribution < 1.29 is 44.5 Å². The van der Waals surface area contributed by atoms with E-state index in [1.165, 1.54) is 0 Å². The van der Waals surface area contributed by atoms with Crippen LogP contribution in [0.4, 0.5) is 0 Å². The van der Waals surface area contributed by atoms with E-state index in [1.807, 2.05) is 12.1 Å². The number of aliphatic hydroxyl groups excluding tert-OH is 3. The van der Waals surface area contributed by atoms with E-state index in [0.717, 1.165) is 30.5 Å². The molecule has 0 radical (unpaired) electrons. The van der Waals surface area contributed by atoms with E-state index in [9.17, 15) is 30.3 Å². The number of carboxylic acids is 1. The van der Waals surface area contributed by atoms with E-state index < -0.39 is 54.3 Å². The number of rotatable bonds is 3. The van der Waals surface area contributed by atoms with Crippen LogP contribution in [0.5, 0.6) is 11.5 Å². The molecule has 0 aromatic heterocycles. The highest BCUT2D eigenvalue weighted by Crippen LogP contribution is 2.62. The van der Waals surface area contributed by atoms with Gasteiger partial charge >= 0.3 is 5.97 Å². The van der Waals surface area contributed by atoms with Gasteiger partial charge < -0.3 is 44.6 Å². The Labute approximate surface area is 189 Å². The molecule has 2 fully saturated rings. The molecular weight excluding hydrogens is 434 g/mol. The number of likely N-dealkylation sites (N-methyl/N-ethyl adjacent to an activating group) is 1. The van der Waals surface area contributed by atoms with Gasteiger partial charge in [0.25, 0.3) is 0 Å². The zero-order chi connectivity index (χ0) is 23.2. The van der Waals surface area contributed by atoms with Crippen molar-refractivity contribution >= 4 is 5.97 Å². The van der Waals surface area contributed by atoms with Crippen molar-refractivity contribution in [1.29, 1.82) is 0 Å². The number of aliphatic hydroxyl groups is 3. The molecular formula is C23H27NO9. The normalized spacial score (nSPS) is 45.4. The second-order valence-corrected chi connectivity index (χ2v) is 9.78. The Morgan fingerprint density at radius 1 is 1.18 bits per heavy atom. The van der Waals surface area contributed by atoms with Crippen LogP contribution in [0.3, 0.4) is 0 Å². The summed E-state index contributed by atoms with van der Waals surface area (Å²) < 4.78 is 17.7. The fraction of sp³-hybridized carbons (Fsp3) is 0.609. The summed E-state index contributed by atoms with van der Waals surface area (Å²) >= 11 is 0. The molecule has 6 rings (SSSR count). The van der Waals surface area contributed by atoms with E-state index in [-0.39, 0.29) is 17.7 Å². The molecule has 5 aliphatic rings. The molecule has 1 aromatic carbocycles. The summed E-state index contributed by atoms with van der Waals surface area (Å²) in [7, 11) is 2.11. The Balaban J connectivity index is 1.38. The van der Waals surface area contributed by atoms with Gasteiger partial charge in [0.15, 0.2) is 23.9 Å². The molecule has 1 spiro atoms. The molecule has 2 saturated heterocycles. The van der Waals surface area contributed by atoms with E-state index in [0.29, 0.717) is 5.75 Å². The lowest BCUT2D eigenvalue weighted by Crippen LogP contribution is -2.66. The summed E-state index contributed by atoms with van der Waals surface area (Å²) in [6.45, 7) is 0.838. The third-order valence-electron chi connectivity index (χ3n) is 8.23. The number of hydrogen-bond donors (Lipinski definition) is 5. The monoisotopic (exact) mass is 461 g/mol. The van der Waals surface area contributed by atoms with Crippen molar-refractivity contribution in [3.63, 3.8) is 0 Å². The van der Waals surface area contributed by atoms with Gasteiger partial charge in [-0.05, 0) is 38.1 Å². The molecule has 178 valence electrons. The van der Waals surface area contributed by atoms with Crippen LogP contribution in [0, 0.1) is 5.92 Å². The second kappa shape index (κ2) is 7.14. The number of phenolic OH excluding ortho intramolecular Hbond substituents is 1. The zero-order valence-corrected chi connectivity index (χ0v) is 17.9. The van der Waals surface area contributed by atoms with Crippen LogP contribution in [0.15, 0.2) is 24.3 Å². The largest absolute Gasteiger partial charge is 0.504 e. The van der Waals surface area contributed by atoms with Gasteiger partial charge in [-0.3, -0.25) is 0 Å². The van der Waals surface area contributed by atoms with Gasteiger partial charge in [-0.15, -0.1) is 0 Å². The number of phenols is 1. The number of nitrogens with zero attached hydrogens (tertiary/aromatic N) is 1. The maximum Gasteiger partial charge on any atom is 0.335 e. The fourth-order valence-corrected chi connectivity index (χ4v) is 6.66. The lowest BCUT2D eigenvalue weighted by Gasteiger charge is -2.57. The first-order chi connectivity index (χ1) is 15.7. The Morgan fingerprint density at radius 3 is 2.73 bits per heavy atom. The third-order valence-corrected chi connectivity index (χ3v) is 8.23. The number of hydrogen-bond acceptors (Lipinski definition) is 9. The summed E-state index contributed by atoms with van der Waals surface area (Å²) in [5.41, 5.74) is 1.69. The van der Waals surface area contributed by atoms with Crippen LogP contribution >= 0.6 is 0 Å². The van der Waals surface area contributed by atoms with Gasteiger partial charge in [0.05, 0.1) is 0 Å². The maximum absolute atomic E-state index is 11.5. The summed E-state index contributed by atoms with van der Waals surface area (Å²) in [6.07, 6.45) is -4.16. The van der Waals surface area contributed by atoms with Crippen LogP contribution in [-0.2, 0) is 26.1 Å². The Bertz CT molecular complexity index is 1030. The predicted molar refractivity (Wildman–Crippen MR) is 111 cm³/mol. The van der Waals surface area contributed by atoms with Crippen LogP contribution in [0.2, 0.25) is 0 Å². The number of carbonyl (C=O) groups is 1. The molecule has 3 aliphatic heterocycles. The van der Waals surface area contributed by atoms with Crippen molar-refractivity contribution in [1.82, 2.24) is 4.90 Å². The molecule has 0 saturated carbocycles. The minimum atomic E-state index is -1.79. The molecule has 1 aromatic rings. The van der Waals surface area contributed by atoms with E-state index in [1.54, 1.807) is 6.07 Å². The van der Waals surface area contributed by atoms with Gasteiger partial charge in [-0.1, -0.05) is 18.2 Å². The summed E-state index contributed by atoms with van der Waals surface area (Å²) in [4.78, 5) is 13.8. The topological polar surface area (TPSA) is 149 Å². The molecule has 10 nitrogen and oxygen atoms in total. The highest BCUT2D eigenvalue weighted by molar-refractivity contribution is 5.73. The zero-order valence-electron chi connectivity index (χ0n) is 17.9. The smallest absolute Gasteiger partial charge is 0.335 e. The van der Waals surface area contributed by atoms with Crippen LogP contribution in [-0.4, -0.2) is 98.9 Å². The molecule has 10 atom stereocenters. The average Bonchev–Trinajstić information content (AvgIpc) is 3.14. The van der Waals surface area contributed by atoms with E-state index >= 15 is 0 Å². The molecule has 10 heteroatoms. The summed E-state index contributed by atoms with van der Waals surface area (Å²) in [5.74, 6) is -0.824. The van der Waals surface area contributed by atoms with Gasteiger partial charge in [-0.25, -0.2) is 4.79 Å². The van der Waals surface area contributed by atoms with Crippen molar-refractivity contribution in [2.75, 3.05) is 13.6 Å². The number of aliphatic carboxylic acids is 1. The first kappa shape index (κ1) is 21.3. The van der Waals surface area contributed by atoms with Crippen LogP contribution < -0.4 is 4.74 Å². The van der Waals surface area contributed by atoms with Crippen molar-refractivity contribution in [2.45, 2.75) is 67.2 Å². The molecule has 3 heterocycles. The lowest BCUT2D eigenvalue weighted by atomic mass is 9.53. The molecule has 0 amide bonds. The highest BCUT2D eigenvalue weighted by Gasteiger charge is 2.65. The van der Waals surface area contributed by atoms with E-state index in [2.05, 4.69) is 18.0 Å². The van der Waals surface area contributed by atoms with Gasteiger partial charge in [0.1, 0.15) is 30.5 Å².